The minimum Gasteiger partial charge on any atom is -0.456 e. The van der Waals surface area contributed by atoms with Gasteiger partial charge >= 0.3 is 13.8 Å². The van der Waals surface area contributed by atoms with E-state index >= 15 is 0 Å². The quantitative estimate of drug-likeness (QED) is 0.0205. The molecule has 0 saturated heterocycles. The molecule has 2 N–H and O–H groups in total. The number of phosphoric acid groups is 1. The lowest BCUT2D eigenvalue weighted by Gasteiger charge is -2.27. The zero-order valence-electron chi connectivity index (χ0n) is 55.6. The molecule has 9 nitrogen and oxygen atoms in total. The number of esters is 1. The molecule has 0 aliphatic carbocycles. The molecule has 3 atom stereocenters. The van der Waals surface area contributed by atoms with Crippen molar-refractivity contribution in [3.05, 3.63) is 134 Å². The van der Waals surface area contributed by atoms with Crippen LogP contribution in [0, 0.1) is 0 Å². The smallest absolute Gasteiger partial charge is 0.456 e. The van der Waals surface area contributed by atoms with Gasteiger partial charge in [0.1, 0.15) is 19.3 Å². The monoisotopic (exact) mass is 1200 g/mol. The largest absolute Gasteiger partial charge is 0.472 e. The van der Waals surface area contributed by atoms with Crippen LogP contribution in [0.2, 0.25) is 0 Å². The van der Waals surface area contributed by atoms with Crippen molar-refractivity contribution in [3.8, 4) is 0 Å². The van der Waals surface area contributed by atoms with Gasteiger partial charge in [0, 0.05) is 12.8 Å². The number of rotatable bonds is 61. The molecule has 0 aromatic heterocycles. The number of quaternary nitrogens is 1. The predicted octanol–water partition coefficient (Wildman–Crippen LogP) is 22.0. The summed E-state index contributed by atoms with van der Waals surface area (Å²) in [7, 11) is 1.46. The Hall–Kier alpha value is -3.85. The van der Waals surface area contributed by atoms with E-state index in [1.165, 1.54) is 89.9 Å². The van der Waals surface area contributed by atoms with E-state index in [0.717, 1.165) is 148 Å². The lowest BCUT2D eigenvalue weighted by molar-refractivity contribution is -0.870. The van der Waals surface area contributed by atoms with Gasteiger partial charge in [-0.25, -0.2) is 4.57 Å². The lowest BCUT2D eigenvalue weighted by atomic mass is 10.1. The SMILES string of the molecule is CC/C=C\C/C=C\C/C=C\C/C=C\C/C=C\C/C=C\CCCCCCCCC(=O)OC(/C=C/CCCCCCCCCCC)C(COP(=O)(O)OCC[N+](C)(C)C)NC(=O)CCCCCCCCC/C=C\C/C=C\C/C=C\C/C=C\CCCCC. The molecule has 0 saturated carbocycles. The van der Waals surface area contributed by atoms with E-state index in [1.54, 1.807) is 0 Å². The molecular weight excluding hydrogens is 1070 g/mol. The number of carbonyl (C=O) groups excluding carboxylic acids is 2. The molecule has 85 heavy (non-hydrogen) atoms. The molecular formula is C75H130N2O7P+. The summed E-state index contributed by atoms with van der Waals surface area (Å²) in [6.45, 7) is 6.84. The van der Waals surface area contributed by atoms with E-state index < -0.39 is 20.0 Å². The summed E-state index contributed by atoms with van der Waals surface area (Å²) < 4.78 is 30.8. The number of unbranched alkanes of at least 4 members (excludes halogenated alkanes) is 25. The van der Waals surface area contributed by atoms with Crippen molar-refractivity contribution in [1.82, 2.24) is 5.32 Å². The Balaban J connectivity index is 5.16. The Kier molecular flexibility index (Phi) is 60.3. The Morgan fingerprint density at radius 1 is 0.424 bits per heavy atom. The van der Waals surface area contributed by atoms with Crippen molar-refractivity contribution in [3.63, 3.8) is 0 Å². The topological polar surface area (TPSA) is 111 Å². The Morgan fingerprint density at radius 2 is 0.753 bits per heavy atom. The Morgan fingerprint density at radius 3 is 1.15 bits per heavy atom. The maximum Gasteiger partial charge on any atom is 0.472 e. The molecule has 486 valence electrons. The molecule has 0 aromatic carbocycles. The number of phosphoric ester groups is 1. The first-order chi connectivity index (χ1) is 41.4. The predicted molar refractivity (Wildman–Crippen MR) is 369 cm³/mol. The van der Waals surface area contributed by atoms with Gasteiger partial charge < -0.3 is 19.4 Å². The van der Waals surface area contributed by atoms with Gasteiger partial charge in [-0.3, -0.25) is 18.6 Å². The van der Waals surface area contributed by atoms with E-state index in [-0.39, 0.29) is 31.5 Å². The molecule has 0 aromatic rings. The van der Waals surface area contributed by atoms with Crippen molar-refractivity contribution < 1.29 is 37.3 Å². The van der Waals surface area contributed by atoms with E-state index in [2.05, 4.69) is 148 Å². The number of allylic oxidation sites excluding steroid dienone is 21. The molecule has 0 aliphatic heterocycles. The fourth-order valence-electron chi connectivity index (χ4n) is 9.28. The maximum atomic E-state index is 13.6. The van der Waals surface area contributed by atoms with Gasteiger partial charge in [0.25, 0.3) is 0 Å². The van der Waals surface area contributed by atoms with Gasteiger partial charge in [-0.1, -0.05) is 270 Å². The zero-order chi connectivity index (χ0) is 62.1. The van der Waals surface area contributed by atoms with E-state index in [0.29, 0.717) is 23.9 Å². The summed E-state index contributed by atoms with van der Waals surface area (Å²) in [4.78, 5) is 37.9. The Labute approximate surface area is 524 Å². The molecule has 0 fully saturated rings. The number of ether oxygens (including phenoxy) is 1. The van der Waals surface area contributed by atoms with Crippen molar-refractivity contribution >= 4 is 19.7 Å². The fraction of sp³-hybridized carbons (Fsp3) is 0.680. The van der Waals surface area contributed by atoms with Gasteiger partial charge in [-0.05, 0) is 128 Å². The fourth-order valence-corrected chi connectivity index (χ4v) is 10.0. The molecule has 0 spiro atoms. The van der Waals surface area contributed by atoms with Gasteiger partial charge in [0.05, 0.1) is 33.8 Å². The second kappa shape index (κ2) is 63.2. The average Bonchev–Trinajstić information content (AvgIpc) is 3.58. The first kappa shape index (κ1) is 81.2. The maximum absolute atomic E-state index is 13.6. The third-order valence-electron chi connectivity index (χ3n) is 14.6. The second-order valence-electron chi connectivity index (χ2n) is 24.0. The van der Waals surface area contributed by atoms with E-state index in [9.17, 15) is 19.0 Å². The van der Waals surface area contributed by atoms with Crippen LogP contribution in [-0.2, 0) is 27.9 Å². The third-order valence-corrected chi connectivity index (χ3v) is 15.6. The molecule has 10 heteroatoms. The van der Waals surface area contributed by atoms with E-state index in [1.807, 2.05) is 33.3 Å². The highest BCUT2D eigenvalue weighted by Crippen LogP contribution is 2.43. The van der Waals surface area contributed by atoms with Gasteiger partial charge in [0.15, 0.2) is 0 Å². The second-order valence-corrected chi connectivity index (χ2v) is 25.4. The summed E-state index contributed by atoms with van der Waals surface area (Å²) in [6.07, 6.45) is 90.2. The lowest BCUT2D eigenvalue weighted by Crippen LogP contribution is -2.47. The summed E-state index contributed by atoms with van der Waals surface area (Å²) in [5.74, 6) is -0.541. The summed E-state index contributed by atoms with van der Waals surface area (Å²) in [6, 6.07) is -0.871. The normalized spacial score (nSPS) is 14.4. The van der Waals surface area contributed by atoms with Crippen LogP contribution in [0.1, 0.15) is 278 Å². The number of carbonyl (C=O) groups is 2. The van der Waals surface area contributed by atoms with Crippen molar-refractivity contribution in [1.29, 1.82) is 0 Å². The van der Waals surface area contributed by atoms with Crippen molar-refractivity contribution in [2.24, 2.45) is 0 Å². The van der Waals surface area contributed by atoms with Crippen LogP contribution in [0.4, 0.5) is 0 Å². The highest BCUT2D eigenvalue weighted by atomic mass is 31.2. The molecule has 0 aliphatic rings. The molecule has 3 unspecified atom stereocenters. The van der Waals surface area contributed by atoms with E-state index in [4.69, 9.17) is 13.8 Å². The minimum absolute atomic E-state index is 0.0280. The highest BCUT2D eigenvalue weighted by Gasteiger charge is 2.30. The van der Waals surface area contributed by atoms with Gasteiger partial charge in [0.2, 0.25) is 5.91 Å². The molecule has 0 radical (unpaired) electrons. The standard InChI is InChI=1S/C75H129N2O7P/c1-7-10-13-16-19-22-25-27-29-31-33-35-37-38-40-42-44-46-48-50-53-56-59-62-65-68-75(79)84-73(66-63-60-57-54-51-24-21-18-15-12-9-3)72(71-83-85(80,81)82-70-69-77(4,5)6)76-74(78)67-64-61-58-55-52-49-47-45-43-41-39-36-34-32-30-28-26-23-20-17-14-11-8-2/h10,13,19-20,22-23,27-30,33-36,38,40-41,43-44,46,63,66,72-73H,7-9,11-12,14-18,21,24-26,31-32,37,39,42,45,47-62,64-65,67-71H2,1-6H3,(H-,76,78,80,81)/p+1/b13-10-,22-19-,23-20-,29-27-,30-28-,35-33-,36-34-,40-38-,43-41-,46-44-,66-63+. The van der Waals surface area contributed by atoms with Gasteiger partial charge in [-0.2, -0.15) is 0 Å². The summed E-state index contributed by atoms with van der Waals surface area (Å²) >= 11 is 0. The van der Waals surface area contributed by atoms with Crippen LogP contribution >= 0.6 is 7.82 Å². The number of amides is 1. The van der Waals surface area contributed by atoms with Crippen LogP contribution in [0.25, 0.3) is 0 Å². The molecule has 0 heterocycles. The number of hydrogen-bond donors (Lipinski definition) is 2. The van der Waals surface area contributed by atoms with Crippen LogP contribution in [-0.4, -0.2) is 74.3 Å². The minimum atomic E-state index is -4.47. The van der Waals surface area contributed by atoms with Crippen LogP contribution < -0.4 is 5.32 Å². The first-order valence-corrected chi connectivity index (χ1v) is 36.0. The van der Waals surface area contributed by atoms with Crippen LogP contribution in [0.5, 0.6) is 0 Å². The van der Waals surface area contributed by atoms with Gasteiger partial charge in [-0.15, -0.1) is 0 Å². The van der Waals surface area contributed by atoms with Crippen molar-refractivity contribution in [2.45, 2.75) is 290 Å². The number of hydrogen-bond acceptors (Lipinski definition) is 6. The highest BCUT2D eigenvalue weighted by molar-refractivity contribution is 7.47. The number of likely N-dealkylation sites (N-methyl/N-ethyl adjacent to an activating group) is 1. The summed E-state index contributed by atoms with van der Waals surface area (Å²) in [5, 5.41) is 3.05. The average molecular weight is 1200 g/mol. The zero-order valence-corrected chi connectivity index (χ0v) is 56.4. The molecule has 1 amide bonds. The molecule has 0 bridgehead atoms. The number of nitrogens with zero attached hydrogens (tertiary/aromatic N) is 1. The third kappa shape index (κ3) is 64.5. The number of nitrogens with one attached hydrogen (secondary N) is 1. The molecule has 0 rings (SSSR count). The Bertz CT molecular complexity index is 1920. The van der Waals surface area contributed by atoms with Crippen molar-refractivity contribution in [2.75, 3.05) is 40.9 Å². The van der Waals surface area contributed by atoms with Crippen LogP contribution in [0.15, 0.2) is 134 Å². The summed E-state index contributed by atoms with van der Waals surface area (Å²) in [5.41, 5.74) is 0. The van der Waals surface area contributed by atoms with Crippen LogP contribution in [0.3, 0.4) is 0 Å². The first-order valence-electron chi connectivity index (χ1n) is 34.5.